The number of rotatable bonds is 9. The van der Waals surface area contributed by atoms with Gasteiger partial charge in [-0.15, -0.1) is 0 Å². The minimum Gasteiger partial charge on any atom is -0.369 e. The largest absolute Gasteiger partial charge is 0.428 e. The minimum absolute atomic E-state index is 0.0758. The first kappa shape index (κ1) is 27.0. The Bertz CT molecular complexity index is 1300. The normalized spacial score (nSPS) is 14.0. The number of alkyl halides is 6. The number of hydrogen-bond acceptors (Lipinski definition) is 6. The van der Waals surface area contributed by atoms with Crippen molar-refractivity contribution in [3.8, 4) is 5.75 Å². The lowest BCUT2D eigenvalue weighted by molar-refractivity contribution is -0.267. The molecule has 0 heterocycles. The predicted octanol–water partition coefficient (Wildman–Crippen LogP) is 1.97. The molecule has 0 bridgehead atoms. The van der Waals surface area contributed by atoms with Crippen molar-refractivity contribution in [1.29, 1.82) is 0 Å². The summed E-state index contributed by atoms with van der Waals surface area (Å²) in [7, 11) is -13.5. The maximum Gasteiger partial charge on any atom is 0.428 e. The fraction of sp³-hybridized carbons (Fsp3) is 0.312. The lowest BCUT2D eigenvalue weighted by atomic mass is 10.1. The highest BCUT2D eigenvalue weighted by molar-refractivity contribution is 8.03. The molecule has 17 heteroatoms. The SMILES string of the molecule is C[S+](C)c1cc(OS(=O)(=O)NS(=O)(=O)C(F)(F)C(F)(F)C(F)(F)C(N)=O)c2ccccc2c1. The highest BCUT2D eigenvalue weighted by Crippen LogP contribution is 2.48. The van der Waals surface area contributed by atoms with Crippen LogP contribution in [0.15, 0.2) is 41.3 Å². The molecule has 0 unspecified atom stereocenters. The van der Waals surface area contributed by atoms with Gasteiger partial charge in [-0.05, 0) is 5.39 Å². The van der Waals surface area contributed by atoms with Crippen molar-refractivity contribution < 1.29 is 52.2 Å². The van der Waals surface area contributed by atoms with E-state index in [1.807, 2.05) is 0 Å². The van der Waals surface area contributed by atoms with E-state index >= 15 is 0 Å². The molecule has 0 saturated heterocycles. The van der Waals surface area contributed by atoms with Gasteiger partial charge in [-0.25, -0.2) is 8.42 Å². The van der Waals surface area contributed by atoms with Gasteiger partial charge in [0.05, 0.1) is 0 Å². The van der Waals surface area contributed by atoms with Crippen molar-refractivity contribution in [1.82, 2.24) is 4.13 Å². The number of sulfonamides is 1. The smallest absolute Gasteiger partial charge is 0.369 e. The Hall–Kier alpha value is -2.24. The first-order valence-corrected chi connectivity index (χ1v) is 13.2. The van der Waals surface area contributed by atoms with Crippen LogP contribution in [0, 0.1) is 0 Å². The number of nitrogens with two attached hydrogens (primary N) is 1. The van der Waals surface area contributed by atoms with E-state index < -0.39 is 60.0 Å². The van der Waals surface area contributed by atoms with Crippen LogP contribution in [0.4, 0.5) is 26.3 Å². The van der Waals surface area contributed by atoms with Crippen LogP contribution in [0.3, 0.4) is 0 Å². The lowest BCUT2D eigenvalue weighted by Gasteiger charge is -2.30. The van der Waals surface area contributed by atoms with E-state index in [1.165, 1.54) is 18.2 Å². The molecule has 0 fully saturated rings. The second-order valence-corrected chi connectivity index (χ2v) is 12.0. The van der Waals surface area contributed by atoms with Crippen LogP contribution < -0.4 is 14.0 Å². The zero-order valence-electron chi connectivity index (χ0n) is 16.5. The molecule has 0 spiro atoms. The van der Waals surface area contributed by atoms with E-state index in [1.54, 1.807) is 24.6 Å². The molecule has 0 aromatic heterocycles. The Morgan fingerprint density at radius 3 is 2.06 bits per heavy atom. The molecular weight excluding hydrogens is 526 g/mol. The summed E-state index contributed by atoms with van der Waals surface area (Å²) in [4.78, 5) is 11.0. The van der Waals surface area contributed by atoms with E-state index in [9.17, 15) is 48.0 Å². The predicted molar refractivity (Wildman–Crippen MR) is 107 cm³/mol. The Morgan fingerprint density at radius 1 is 1.00 bits per heavy atom. The summed E-state index contributed by atoms with van der Waals surface area (Å²) < 4.78 is 134. The van der Waals surface area contributed by atoms with Crippen LogP contribution in [-0.4, -0.2) is 52.4 Å². The molecule has 2 rings (SSSR count). The summed E-state index contributed by atoms with van der Waals surface area (Å²) in [6, 6.07) is 8.64. The van der Waals surface area contributed by atoms with Gasteiger partial charge in [-0.2, -0.15) is 34.8 Å². The molecule has 1 amide bonds. The van der Waals surface area contributed by atoms with Crippen molar-refractivity contribution in [3.05, 3.63) is 36.4 Å². The number of fused-ring (bicyclic) bond motifs is 1. The van der Waals surface area contributed by atoms with Gasteiger partial charge in [0.1, 0.15) is 12.5 Å². The number of carbonyl (C=O) groups excluding carboxylic acids is 1. The Morgan fingerprint density at radius 2 is 1.55 bits per heavy atom. The van der Waals surface area contributed by atoms with Crippen LogP contribution in [0.2, 0.25) is 0 Å². The molecule has 0 radical (unpaired) electrons. The molecule has 0 aliphatic rings. The summed E-state index contributed by atoms with van der Waals surface area (Å²) in [5.74, 6) is -17.1. The first-order valence-electron chi connectivity index (χ1n) is 8.28. The van der Waals surface area contributed by atoms with Crippen LogP contribution in [0.25, 0.3) is 10.8 Å². The summed E-state index contributed by atoms with van der Waals surface area (Å²) in [6.45, 7) is 0. The number of hydrogen-bond donors (Lipinski definition) is 2. The molecule has 0 aliphatic heterocycles. The van der Waals surface area contributed by atoms with Crippen LogP contribution >= 0.6 is 0 Å². The maximum absolute atomic E-state index is 13.9. The minimum atomic E-state index is -7.12. The molecular formula is C16H15F6N2O6S3+. The number of amides is 1. The second-order valence-electron chi connectivity index (χ2n) is 6.61. The number of carbonyl (C=O) groups is 1. The molecule has 33 heavy (non-hydrogen) atoms. The molecule has 0 atom stereocenters. The monoisotopic (exact) mass is 541 g/mol. The summed E-state index contributed by atoms with van der Waals surface area (Å²) in [5, 5.41) is -6.33. The highest BCUT2D eigenvalue weighted by atomic mass is 32.3. The van der Waals surface area contributed by atoms with Gasteiger partial charge in [0, 0.05) is 28.4 Å². The topological polar surface area (TPSA) is 133 Å². The number of benzene rings is 2. The average Bonchev–Trinajstić information content (AvgIpc) is 2.65. The Labute approximate surface area is 186 Å². The third-order valence-electron chi connectivity index (χ3n) is 4.09. The molecule has 8 nitrogen and oxygen atoms in total. The quantitative estimate of drug-likeness (QED) is 0.369. The Balaban J connectivity index is 2.50. The molecule has 2 aromatic rings. The lowest BCUT2D eigenvalue weighted by Crippen LogP contribution is -2.64. The number of primary amides is 1. The maximum atomic E-state index is 13.9. The van der Waals surface area contributed by atoms with E-state index in [0.717, 1.165) is 6.07 Å². The van der Waals surface area contributed by atoms with Gasteiger partial charge >= 0.3 is 27.4 Å². The molecule has 0 saturated carbocycles. The molecule has 2 aromatic carbocycles. The van der Waals surface area contributed by atoms with Crippen molar-refractivity contribution in [3.63, 3.8) is 0 Å². The van der Waals surface area contributed by atoms with Crippen LogP contribution in [0.1, 0.15) is 0 Å². The van der Waals surface area contributed by atoms with Crippen molar-refractivity contribution in [2.24, 2.45) is 5.73 Å². The molecule has 3 N–H and O–H groups in total. The van der Waals surface area contributed by atoms with E-state index in [0.29, 0.717) is 10.3 Å². The molecule has 184 valence electrons. The highest BCUT2D eigenvalue weighted by Gasteiger charge is 2.80. The van der Waals surface area contributed by atoms with E-state index in [4.69, 9.17) is 0 Å². The third kappa shape index (κ3) is 4.85. The fourth-order valence-corrected chi connectivity index (χ4v) is 5.56. The van der Waals surface area contributed by atoms with Crippen LogP contribution in [0.5, 0.6) is 5.75 Å². The van der Waals surface area contributed by atoms with Gasteiger partial charge in [-0.3, -0.25) is 4.79 Å². The van der Waals surface area contributed by atoms with Crippen molar-refractivity contribution >= 4 is 47.9 Å². The second kappa shape index (κ2) is 8.52. The van der Waals surface area contributed by atoms with Gasteiger partial charge in [0.25, 0.3) is 15.9 Å². The average molecular weight is 541 g/mol. The molecule has 0 aliphatic carbocycles. The fourth-order valence-electron chi connectivity index (χ4n) is 2.38. The van der Waals surface area contributed by atoms with Gasteiger partial charge < -0.3 is 9.92 Å². The third-order valence-corrected chi connectivity index (χ3v) is 8.29. The van der Waals surface area contributed by atoms with E-state index in [2.05, 4.69) is 9.92 Å². The standard InChI is InChI=1S/C16H14F6N2O6S3/c1-31(2)10-7-9-5-3-4-6-11(9)12(8-10)30-33(28,29)24-32(26,27)16(21,22)15(19,20)14(17,18)13(23)25/h3-8,24H,1-2H3,(H-,23,25)/p+1. The number of halogens is 6. The summed E-state index contributed by atoms with van der Waals surface area (Å²) >= 11 is 0. The van der Waals surface area contributed by atoms with Crippen molar-refractivity contribution in [2.75, 3.05) is 12.5 Å². The van der Waals surface area contributed by atoms with Gasteiger partial charge in [-0.1, -0.05) is 28.4 Å². The zero-order chi connectivity index (χ0) is 25.6. The number of nitrogens with one attached hydrogen (secondary N) is 1. The van der Waals surface area contributed by atoms with Crippen molar-refractivity contribution in [2.45, 2.75) is 22.0 Å². The van der Waals surface area contributed by atoms with Crippen LogP contribution in [-0.2, 0) is 36.0 Å². The summed E-state index contributed by atoms with van der Waals surface area (Å²) in [5.41, 5.74) is 3.96. The van der Waals surface area contributed by atoms with Gasteiger partial charge in [0.2, 0.25) is 0 Å². The first-order chi connectivity index (χ1) is 14.8. The zero-order valence-corrected chi connectivity index (χ0v) is 18.9. The van der Waals surface area contributed by atoms with Gasteiger partial charge in [0.15, 0.2) is 10.6 Å². The Kier molecular flexibility index (Phi) is 6.97. The van der Waals surface area contributed by atoms with E-state index in [-0.39, 0.29) is 9.51 Å². The summed E-state index contributed by atoms with van der Waals surface area (Å²) in [6.07, 6.45) is 3.46.